The molecule has 0 bridgehead atoms. The summed E-state index contributed by atoms with van der Waals surface area (Å²) in [5, 5.41) is 2.90. The zero-order valence-electron chi connectivity index (χ0n) is 26.9. The lowest BCUT2D eigenvalue weighted by molar-refractivity contribution is -0.127. The summed E-state index contributed by atoms with van der Waals surface area (Å²) < 4.78 is 38.3. The van der Waals surface area contributed by atoms with Crippen LogP contribution in [0.25, 0.3) is 0 Å². The molecule has 9 nitrogen and oxygen atoms in total. The molecule has 240 valence electrons. The highest BCUT2D eigenvalue weighted by molar-refractivity contribution is 5.68. The molecule has 1 spiro atoms. The van der Waals surface area contributed by atoms with E-state index in [2.05, 4.69) is 41.3 Å². The molecule has 1 aromatic heterocycles. The van der Waals surface area contributed by atoms with E-state index in [1.54, 1.807) is 6.92 Å². The van der Waals surface area contributed by atoms with E-state index in [-0.39, 0.29) is 34.8 Å². The van der Waals surface area contributed by atoms with Crippen molar-refractivity contribution < 1.29 is 28.1 Å². The molecule has 1 aliphatic carbocycles. The molecule has 10 heteroatoms. The number of carbonyl (C=O) groups excluding carboxylic acids is 1. The lowest BCUT2D eigenvalue weighted by Gasteiger charge is -2.55. The lowest BCUT2D eigenvalue weighted by atomic mass is 9.78. The fourth-order valence-electron chi connectivity index (χ4n) is 6.14. The van der Waals surface area contributed by atoms with E-state index in [4.69, 9.17) is 18.9 Å². The Morgan fingerprint density at radius 3 is 2.13 bits per heavy atom. The number of hydrogen-bond donors (Lipinski definition) is 1. The predicted octanol–water partition coefficient (Wildman–Crippen LogP) is 6.35. The van der Waals surface area contributed by atoms with E-state index in [0.717, 1.165) is 56.0 Å². The third-order valence-electron chi connectivity index (χ3n) is 8.93. The van der Waals surface area contributed by atoms with E-state index >= 15 is 4.39 Å². The number of hydrogen-bond acceptors (Lipinski definition) is 8. The van der Waals surface area contributed by atoms with Gasteiger partial charge in [-0.3, -0.25) is 0 Å². The first-order chi connectivity index (χ1) is 21.3. The van der Waals surface area contributed by atoms with Crippen molar-refractivity contribution in [3.63, 3.8) is 0 Å². The number of anilines is 1. The lowest BCUT2D eigenvalue weighted by Crippen LogP contribution is -2.66. The standard InChI is InChI=1S/C35H43FN4O5/c1-22(30-29(36)31(38-21-37-30)40-17-35(18-40)19-42-20-35)43-26-11-7-23(8-12-26)34(5,6)24-9-13-27(14-10-24)44-28-15-25(16-28)39-32(41)45-33(2,3)4/h7-14,21-22,25,28H,15-20H2,1-6H3,(H,39,41). The molecule has 3 heterocycles. The molecule has 2 saturated heterocycles. The molecule has 3 fully saturated rings. The van der Waals surface area contributed by atoms with Gasteiger partial charge in [-0.15, -0.1) is 0 Å². The largest absolute Gasteiger partial charge is 0.490 e. The maximum absolute atomic E-state index is 15.4. The van der Waals surface area contributed by atoms with Gasteiger partial charge in [0.25, 0.3) is 0 Å². The Bertz CT molecular complexity index is 1500. The summed E-state index contributed by atoms with van der Waals surface area (Å²) in [6.45, 7) is 14.7. The van der Waals surface area contributed by atoms with Gasteiger partial charge in [0.1, 0.15) is 41.3 Å². The topological polar surface area (TPSA) is 95.0 Å². The van der Waals surface area contributed by atoms with E-state index < -0.39 is 17.5 Å². The van der Waals surface area contributed by atoms with Gasteiger partial charge in [-0.2, -0.15) is 0 Å². The number of benzene rings is 2. The van der Waals surface area contributed by atoms with Gasteiger partial charge >= 0.3 is 6.09 Å². The average molecular weight is 619 g/mol. The summed E-state index contributed by atoms with van der Waals surface area (Å²) in [5.41, 5.74) is 1.89. The summed E-state index contributed by atoms with van der Waals surface area (Å²) in [5.74, 6) is 1.34. The normalized spacial score (nSPS) is 21.2. The highest BCUT2D eigenvalue weighted by Crippen LogP contribution is 2.41. The molecule has 2 aromatic carbocycles. The van der Waals surface area contributed by atoms with Crippen LogP contribution in [0.4, 0.5) is 15.0 Å². The van der Waals surface area contributed by atoms with Gasteiger partial charge in [-0.05, 0) is 63.1 Å². The molecule has 45 heavy (non-hydrogen) atoms. The number of halogens is 1. The molecule has 1 unspecified atom stereocenters. The van der Waals surface area contributed by atoms with Crippen LogP contribution in [0.5, 0.6) is 11.5 Å². The number of ether oxygens (including phenoxy) is 4. The van der Waals surface area contributed by atoms with Crippen molar-refractivity contribution in [1.29, 1.82) is 0 Å². The van der Waals surface area contributed by atoms with Crippen molar-refractivity contribution >= 4 is 11.9 Å². The maximum atomic E-state index is 15.4. The number of amides is 1. The number of rotatable bonds is 9. The molecule has 1 amide bonds. The van der Waals surface area contributed by atoms with Gasteiger partial charge < -0.3 is 29.2 Å². The Balaban J connectivity index is 1.02. The second kappa shape index (κ2) is 11.8. The predicted molar refractivity (Wildman–Crippen MR) is 168 cm³/mol. The van der Waals surface area contributed by atoms with Crippen LogP contribution in [0.3, 0.4) is 0 Å². The van der Waals surface area contributed by atoms with Crippen molar-refractivity contribution in [2.45, 2.75) is 83.6 Å². The Hall–Kier alpha value is -3.92. The first-order valence-corrected chi connectivity index (χ1v) is 15.7. The molecule has 2 aliphatic heterocycles. The van der Waals surface area contributed by atoms with Crippen molar-refractivity contribution in [2.24, 2.45) is 5.41 Å². The van der Waals surface area contributed by atoms with Crippen molar-refractivity contribution in [3.05, 3.63) is 77.5 Å². The van der Waals surface area contributed by atoms with Gasteiger partial charge in [0.2, 0.25) is 0 Å². The molecule has 0 radical (unpaired) electrons. The van der Waals surface area contributed by atoms with Gasteiger partial charge in [0.15, 0.2) is 11.6 Å². The van der Waals surface area contributed by atoms with Crippen molar-refractivity contribution in [1.82, 2.24) is 15.3 Å². The molecule has 1 atom stereocenters. The molecule has 3 aromatic rings. The monoisotopic (exact) mass is 618 g/mol. The molecular formula is C35H43FN4O5. The average Bonchev–Trinajstić information content (AvgIpc) is 2.90. The summed E-state index contributed by atoms with van der Waals surface area (Å²) >= 11 is 0. The minimum Gasteiger partial charge on any atom is -0.490 e. The summed E-state index contributed by atoms with van der Waals surface area (Å²) in [6, 6.07) is 16.1. The third-order valence-corrected chi connectivity index (χ3v) is 8.93. The van der Waals surface area contributed by atoms with Crippen LogP contribution < -0.4 is 19.7 Å². The number of carbonyl (C=O) groups is 1. The number of aromatic nitrogens is 2. The second-order valence-corrected chi connectivity index (χ2v) is 14.2. The summed E-state index contributed by atoms with van der Waals surface area (Å²) in [4.78, 5) is 22.3. The van der Waals surface area contributed by atoms with Crippen molar-refractivity contribution in [3.8, 4) is 11.5 Å². The third kappa shape index (κ3) is 6.71. The van der Waals surface area contributed by atoms with Gasteiger partial charge in [0.05, 0.1) is 18.6 Å². The van der Waals surface area contributed by atoms with Crippen LogP contribution in [-0.4, -0.2) is 60.1 Å². The van der Waals surface area contributed by atoms with Crippen LogP contribution >= 0.6 is 0 Å². The van der Waals surface area contributed by atoms with E-state index in [1.165, 1.54) is 6.33 Å². The van der Waals surface area contributed by atoms with Gasteiger partial charge in [-0.1, -0.05) is 38.1 Å². The fraction of sp³-hybridized carbons (Fsp3) is 0.514. The number of nitrogens with zero attached hydrogens (tertiary/aromatic N) is 3. The number of alkyl carbamates (subject to hydrolysis) is 1. The van der Waals surface area contributed by atoms with E-state index in [0.29, 0.717) is 11.6 Å². The summed E-state index contributed by atoms with van der Waals surface area (Å²) in [7, 11) is 0. The zero-order chi connectivity index (χ0) is 32.0. The minimum atomic E-state index is -0.584. The van der Waals surface area contributed by atoms with E-state index in [1.807, 2.05) is 62.1 Å². The van der Waals surface area contributed by atoms with Gasteiger partial charge in [-0.25, -0.2) is 19.2 Å². The molecular weight excluding hydrogens is 575 g/mol. The van der Waals surface area contributed by atoms with Crippen LogP contribution in [0.15, 0.2) is 54.9 Å². The highest BCUT2D eigenvalue weighted by atomic mass is 19.1. The fourth-order valence-corrected chi connectivity index (χ4v) is 6.14. The first kappa shape index (κ1) is 31.1. The quantitative estimate of drug-likeness (QED) is 0.296. The minimum absolute atomic E-state index is 0.0615. The van der Waals surface area contributed by atoms with Gasteiger partial charge in [0, 0.05) is 37.4 Å². The molecule has 3 aliphatic rings. The zero-order valence-corrected chi connectivity index (χ0v) is 26.9. The van der Waals surface area contributed by atoms with E-state index in [9.17, 15) is 4.79 Å². The molecule has 1 N–H and O–H groups in total. The first-order valence-electron chi connectivity index (χ1n) is 15.7. The Morgan fingerprint density at radius 2 is 1.58 bits per heavy atom. The SMILES string of the molecule is CC(Oc1ccc(C(C)(C)c2ccc(OC3CC(NC(=O)OC(C)(C)C)C3)cc2)cc1)c1ncnc(N2CC3(COC3)C2)c1F. The number of nitrogens with one attached hydrogen (secondary N) is 1. The Kier molecular flexibility index (Phi) is 8.14. The van der Waals surface area contributed by atoms with Crippen LogP contribution in [0.1, 0.15) is 77.3 Å². The molecule has 1 saturated carbocycles. The summed E-state index contributed by atoms with van der Waals surface area (Å²) in [6.07, 6.45) is 2.00. The maximum Gasteiger partial charge on any atom is 0.407 e. The van der Waals surface area contributed by atoms with Crippen molar-refractivity contribution in [2.75, 3.05) is 31.2 Å². The Morgan fingerprint density at radius 1 is 0.978 bits per heavy atom. The second-order valence-electron chi connectivity index (χ2n) is 14.2. The van der Waals surface area contributed by atoms with Crippen LogP contribution in [0, 0.1) is 11.2 Å². The smallest absolute Gasteiger partial charge is 0.407 e. The Labute approximate surface area is 264 Å². The molecule has 6 rings (SSSR count). The highest BCUT2D eigenvalue weighted by Gasteiger charge is 2.50. The van der Waals surface area contributed by atoms with Crippen LogP contribution in [0.2, 0.25) is 0 Å². The van der Waals surface area contributed by atoms with Crippen LogP contribution in [-0.2, 0) is 14.9 Å².